The maximum Gasteiger partial charge on any atom is 0.269 e. The third-order valence-electron chi connectivity index (χ3n) is 6.56. The predicted octanol–water partition coefficient (Wildman–Crippen LogP) is 3.98. The van der Waals surface area contributed by atoms with Gasteiger partial charge in [0.2, 0.25) is 0 Å². The minimum Gasteiger partial charge on any atom is -0.497 e. The van der Waals surface area contributed by atoms with Crippen LogP contribution >= 0.6 is 0 Å². The van der Waals surface area contributed by atoms with Gasteiger partial charge in [0, 0.05) is 49.9 Å². The molecule has 0 aromatic heterocycles. The Labute approximate surface area is 234 Å². The zero-order valence-corrected chi connectivity index (χ0v) is 22.3. The van der Waals surface area contributed by atoms with Crippen LogP contribution in [0.5, 0.6) is 5.75 Å². The predicted molar refractivity (Wildman–Crippen MR) is 148 cm³/mol. The van der Waals surface area contributed by atoms with E-state index in [1.54, 1.807) is 30.3 Å². The standard InChI is InChI=1S/C28H27N5O8/c1-40-15-14-30(28(35)20-8-12-24(41-2)13-9-20)18-27(34)31-26(21-4-3-5-23(16-21)33(38)39)17-25(29-31)19-6-10-22(11-7-19)32(36)37/h3-13,16,26H,14-15,17-18H2,1-2H3. The van der Waals surface area contributed by atoms with Crippen LogP contribution in [0, 0.1) is 20.2 Å². The Morgan fingerprint density at radius 3 is 2.27 bits per heavy atom. The lowest BCUT2D eigenvalue weighted by atomic mass is 9.98. The van der Waals surface area contributed by atoms with Crippen molar-refractivity contribution in [3.8, 4) is 5.75 Å². The van der Waals surface area contributed by atoms with E-state index in [-0.39, 0.29) is 37.5 Å². The number of hydrogen-bond donors (Lipinski definition) is 0. The van der Waals surface area contributed by atoms with Crippen molar-refractivity contribution in [2.75, 3.05) is 33.9 Å². The van der Waals surface area contributed by atoms with E-state index in [4.69, 9.17) is 9.47 Å². The van der Waals surface area contributed by atoms with Crippen LogP contribution in [0.1, 0.15) is 33.9 Å². The van der Waals surface area contributed by atoms with Gasteiger partial charge in [-0.15, -0.1) is 0 Å². The van der Waals surface area contributed by atoms with Crippen molar-refractivity contribution in [3.63, 3.8) is 0 Å². The highest BCUT2D eigenvalue weighted by Gasteiger charge is 2.35. The van der Waals surface area contributed by atoms with E-state index in [0.29, 0.717) is 28.2 Å². The largest absolute Gasteiger partial charge is 0.497 e. The molecule has 1 unspecified atom stereocenters. The highest BCUT2D eigenvalue weighted by molar-refractivity contribution is 6.04. The third kappa shape index (κ3) is 6.70. The molecule has 1 atom stereocenters. The summed E-state index contributed by atoms with van der Waals surface area (Å²) >= 11 is 0. The molecule has 13 nitrogen and oxygen atoms in total. The fourth-order valence-electron chi connectivity index (χ4n) is 4.40. The van der Waals surface area contributed by atoms with Crippen molar-refractivity contribution in [1.29, 1.82) is 0 Å². The van der Waals surface area contributed by atoms with Gasteiger partial charge >= 0.3 is 0 Å². The Balaban J connectivity index is 1.66. The summed E-state index contributed by atoms with van der Waals surface area (Å²) in [7, 11) is 3.00. The summed E-state index contributed by atoms with van der Waals surface area (Å²) in [5.74, 6) is -0.342. The average molecular weight is 562 g/mol. The molecule has 0 saturated carbocycles. The second-order valence-electron chi connectivity index (χ2n) is 9.11. The topological polar surface area (TPSA) is 158 Å². The zero-order valence-electron chi connectivity index (χ0n) is 22.3. The van der Waals surface area contributed by atoms with Crippen molar-refractivity contribution in [2.45, 2.75) is 12.5 Å². The molecular weight excluding hydrogens is 534 g/mol. The molecular formula is C28H27N5O8. The van der Waals surface area contributed by atoms with Gasteiger partial charge in [-0.25, -0.2) is 5.01 Å². The number of hydrogen-bond acceptors (Lipinski definition) is 9. The number of methoxy groups -OCH3 is 2. The molecule has 0 spiro atoms. The molecule has 0 radical (unpaired) electrons. The molecule has 0 aliphatic carbocycles. The van der Waals surface area contributed by atoms with Gasteiger partial charge in [0.25, 0.3) is 23.2 Å². The summed E-state index contributed by atoms with van der Waals surface area (Å²) in [4.78, 5) is 49.9. The van der Waals surface area contributed by atoms with E-state index in [1.807, 2.05) is 0 Å². The fraction of sp³-hybridized carbons (Fsp3) is 0.250. The van der Waals surface area contributed by atoms with Crippen LogP contribution in [0.4, 0.5) is 11.4 Å². The van der Waals surface area contributed by atoms with E-state index in [9.17, 15) is 29.8 Å². The number of rotatable bonds is 11. The zero-order chi connectivity index (χ0) is 29.5. The first kappa shape index (κ1) is 28.8. The molecule has 0 fully saturated rings. The molecule has 0 saturated heterocycles. The molecule has 0 bridgehead atoms. The number of carbonyl (C=O) groups is 2. The average Bonchev–Trinajstić information content (AvgIpc) is 3.45. The van der Waals surface area contributed by atoms with E-state index in [0.717, 1.165) is 0 Å². The van der Waals surface area contributed by atoms with E-state index < -0.39 is 27.7 Å². The second-order valence-corrected chi connectivity index (χ2v) is 9.11. The lowest BCUT2D eigenvalue weighted by Crippen LogP contribution is -2.42. The van der Waals surface area contributed by atoms with Crippen LogP contribution in [-0.2, 0) is 9.53 Å². The monoisotopic (exact) mass is 561 g/mol. The van der Waals surface area contributed by atoms with Crippen molar-refractivity contribution >= 4 is 28.9 Å². The van der Waals surface area contributed by atoms with Crippen molar-refractivity contribution in [1.82, 2.24) is 9.91 Å². The Hall–Kier alpha value is -5.17. The number of nitro groups is 2. The summed E-state index contributed by atoms with van der Waals surface area (Å²) in [5, 5.41) is 28.3. The van der Waals surface area contributed by atoms with Gasteiger partial charge in [0.1, 0.15) is 12.3 Å². The maximum atomic E-state index is 13.7. The second kappa shape index (κ2) is 12.8. The molecule has 3 aromatic carbocycles. The summed E-state index contributed by atoms with van der Waals surface area (Å²) in [5.41, 5.74) is 1.62. The van der Waals surface area contributed by atoms with Gasteiger partial charge in [-0.2, -0.15) is 5.10 Å². The summed E-state index contributed by atoms with van der Waals surface area (Å²) < 4.78 is 10.3. The molecule has 0 N–H and O–H groups in total. The Kier molecular flexibility index (Phi) is 8.99. The first-order valence-corrected chi connectivity index (χ1v) is 12.5. The molecule has 212 valence electrons. The lowest BCUT2D eigenvalue weighted by Gasteiger charge is -2.27. The van der Waals surface area contributed by atoms with E-state index in [1.165, 1.54) is 66.6 Å². The molecule has 2 amide bonds. The van der Waals surface area contributed by atoms with Gasteiger partial charge in [0.05, 0.1) is 35.3 Å². The van der Waals surface area contributed by atoms with Gasteiger partial charge in [-0.3, -0.25) is 29.8 Å². The number of nitro benzene ring substituents is 2. The van der Waals surface area contributed by atoms with Crippen LogP contribution in [0.15, 0.2) is 77.9 Å². The normalized spacial score (nSPS) is 14.3. The lowest BCUT2D eigenvalue weighted by molar-refractivity contribution is -0.385. The smallest absolute Gasteiger partial charge is 0.269 e. The SMILES string of the molecule is COCCN(CC(=O)N1N=C(c2ccc([N+](=O)[O-])cc2)CC1c1cccc([N+](=O)[O-])c1)C(=O)c1ccc(OC)cc1. The van der Waals surface area contributed by atoms with Crippen molar-refractivity contribution in [2.24, 2.45) is 5.10 Å². The molecule has 13 heteroatoms. The highest BCUT2D eigenvalue weighted by atomic mass is 16.6. The minimum atomic E-state index is -0.701. The van der Waals surface area contributed by atoms with Crippen LogP contribution in [0.2, 0.25) is 0 Å². The summed E-state index contributed by atoms with van der Waals surface area (Å²) in [6.45, 7) is -0.0289. The van der Waals surface area contributed by atoms with Crippen molar-refractivity contribution < 1.29 is 28.9 Å². The molecule has 1 aliphatic rings. The number of carbonyl (C=O) groups excluding carboxylic acids is 2. The third-order valence-corrected chi connectivity index (χ3v) is 6.56. The maximum absolute atomic E-state index is 13.7. The van der Waals surface area contributed by atoms with Gasteiger partial charge in [0.15, 0.2) is 0 Å². The molecule has 4 rings (SSSR count). The fourth-order valence-corrected chi connectivity index (χ4v) is 4.40. The van der Waals surface area contributed by atoms with E-state index >= 15 is 0 Å². The summed E-state index contributed by atoms with van der Waals surface area (Å²) in [6.07, 6.45) is 0.204. The highest BCUT2D eigenvalue weighted by Crippen LogP contribution is 2.34. The number of amides is 2. The van der Waals surface area contributed by atoms with Crippen molar-refractivity contribution in [3.05, 3.63) is 110 Å². The van der Waals surface area contributed by atoms with Crippen LogP contribution < -0.4 is 4.74 Å². The number of nitrogens with zero attached hydrogens (tertiary/aromatic N) is 5. The Morgan fingerprint density at radius 2 is 1.66 bits per heavy atom. The quantitative estimate of drug-likeness (QED) is 0.251. The van der Waals surface area contributed by atoms with E-state index in [2.05, 4.69) is 5.10 Å². The molecule has 41 heavy (non-hydrogen) atoms. The van der Waals surface area contributed by atoms with Crippen LogP contribution in [-0.4, -0.2) is 71.2 Å². The van der Waals surface area contributed by atoms with Gasteiger partial charge in [-0.1, -0.05) is 12.1 Å². The molecule has 1 aliphatic heterocycles. The number of benzene rings is 3. The van der Waals surface area contributed by atoms with Crippen LogP contribution in [0.3, 0.4) is 0 Å². The van der Waals surface area contributed by atoms with Gasteiger partial charge < -0.3 is 14.4 Å². The first-order chi connectivity index (χ1) is 19.7. The Bertz CT molecular complexity index is 1470. The number of non-ortho nitro benzene ring substituents is 2. The minimum absolute atomic E-state index is 0.0960. The number of ether oxygens (including phenoxy) is 2. The summed E-state index contributed by atoms with van der Waals surface area (Å²) in [6, 6.07) is 17.4. The molecule has 3 aromatic rings. The van der Waals surface area contributed by atoms with Gasteiger partial charge in [-0.05, 0) is 47.5 Å². The van der Waals surface area contributed by atoms with Crippen LogP contribution in [0.25, 0.3) is 0 Å². The first-order valence-electron chi connectivity index (χ1n) is 12.5. The number of hydrazone groups is 1. The Morgan fingerprint density at radius 1 is 0.976 bits per heavy atom. The molecule has 1 heterocycles.